The van der Waals surface area contributed by atoms with Gasteiger partial charge in [-0.2, -0.15) is 10.5 Å². The van der Waals surface area contributed by atoms with Gasteiger partial charge in [0.15, 0.2) is 0 Å². The summed E-state index contributed by atoms with van der Waals surface area (Å²) >= 11 is 0. The van der Waals surface area contributed by atoms with E-state index in [1.165, 1.54) is 0 Å². The van der Waals surface area contributed by atoms with Crippen LogP contribution in [0.25, 0.3) is 21.9 Å². The molecule has 24 heavy (non-hydrogen) atoms. The number of benzene rings is 2. The van der Waals surface area contributed by atoms with Gasteiger partial charge in [0.05, 0.1) is 0 Å². The molecule has 0 saturated carbocycles. The van der Waals surface area contributed by atoms with E-state index in [4.69, 9.17) is 8.83 Å². The van der Waals surface area contributed by atoms with Crippen LogP contribution in [0, 0.1) is 22.7 Å². The third-order valence-electron chi connectivity index (χ3n) is 4.18. The largest absolute Gasteiger partial charge is 0.460 e. The molecule has 0 aliphatic carbocycles. The van der Waals surface area contributed by atoms with Crippen molar-refractivity contribution in [1.82, 2.24) is 0 Å². The SMILES string of the molecule is N#Cc1oc2ccccc2c1CCc1oc2ccccc2c1C#N. The van der Waals surface area contributed by atoms with Crippen LogP contribution < -0.4 is 0 Å². The molecule has 4 rings (SSSR count). The van der Waals surface area contributed by atoms with Crippen LogP contribution in [0.3, 0.4) is 0 Å². The van der Waals surface area contributed by atoms with Gasteiger partial charge in [0, 0.05) is 22.8 Å². The molecule has 0 aliphatic heterocycles. The summed E-state index contributed by atoms with van der Waals surface area (Å²) in [6.45, 7) is 0. The molecular weight excluding hydrogens is 300 g/mol. The van der Waals surface area contributed by atoms with Crippen LogP contribution in [0.2, 0.25) is 0 Å². The van der Waals surface area contributed by atoms with Crippen LogP contribution in [-0.4, -0.2) is 0 Å². The molecule has 0 amide bonds. The number of fused-ring (bicyclic) bond motifs is 2. The summed E-state index contributed by atoms with van der Waals surface area (Å²) in [5.41, 5.74) is 2.84. The van der Waals surface area contributed by atoms with E-state index in [0.717, 1.165) is 16.3 Å². The van der Waals surface area contributed by atoms with Gasteiger partial charge in [-0.05, 0) is 24.6 Å². The van der Waals surface area contributed by atoms with E-state index in [0.29, 0.717) is 41.1 Å². The second-order valence-electron chi connectivity index (χ2n) is 5.53. The zero-order valence-corrected chi connectivity index (χ0v) is 12.7. The molecule has 4 aromatic rings. The van der Waals surface area contributed by atoms with Crippen molar-refractivity contribution in [2.45, 2.75) is 12.8 Å². The Morgan fingerprint density at radius 2 is 1.42 bits per heavy atom. The standard InChI is InChI=1S/C20H12N2O2/c21-11-16-14-6-2-4-8-18(14)23-19(16)10-9-15-13-5-1-3-7-17(13)24-20(15)12-22/h1-8H,9-10H2. The molecular formula is C20H12N2O2. The predicted molar refractivity (Wildman–Crippen MR) is 89.3 cm³/mol. The monoisotopic (exact) mass is 312 g/mol. The molecule has 4 nitrogen and oxygen atoms in total. The highest BCUT2D eigenvalue weighted by Crippen LogP contribution is 2.29. The van der Waals surface area contributed by atoms with E-state index < -0.39 is 0 Å². The summed E-state index contributed by atoms with van der Waals surface area (Å²) in [4.78, 5) is 0. The minimum absolute atomic E-state index is 0.325. The van der Waals surface area contributed by atoms with Crippen molar-refractivity contribution in [3.05, 3.63) is 71.2 Å². The molecule has 2 aromatic heterocycles. The van der Waals surface area contributed by atoms with Gasteiger partial charge in [-0.3, -0.25) is 0 Å². The highest BCUT2D eigenvalue weighted by Gasteiger charge is 2.17. The quantitative estimate of drug-likeness (QED) is 0.549. The third kappa shape index (κ3) is 2.14. The second kappa shape index (κ2) is 5.61. The number of para-hydroxylation sites is 2. The van der Waals surface area contributed by atoms with E-state index in [-0.39, 0.29) is 0 Å². The normalized spacial score (nSPS) is 10.8. The molecule has 2 heterocycles. The van der Waals surface area contributed by atoms with Gasteiger partial charge < -0.3 is 8.83 Å². The molecule has 114 valence electrons. The van der Waals surface area contributed by atoms with E-state index in [1.807, 2.05) is 48.5 Å². The first-order valence-electron chi connectivity index (χ1n) is 7.63. The molecule has 4 heteroatoms. The van der Waals surface area contributed by atoms with Crippen molar-refractivity contribution in [2.24, 2.45) is 0 Å². The number of nitriles is 2. The molecule has 0 aliphatic rings. The molecule has 0 fully saturated rings. The first-order valence-corrected chi connectivity index (χ1v) is 7.63. The fraction of sp³-hybridized carbons (Fsp3) is 0.100. The fourth-order valence-corrected chi connectivity index (χ4v) is 3.07. The maximum Gasteiger partial charge on any atom is 0.207 e. The number of aryl methyl sites for hydroxylation is 2. The molecule has 0 atom stereocenters. The lowest BCUT2D eigenvalue weighted by atomic mass is 10.0. The van der Waals surface area contributed by atoms with Gasteiger partial charge in [0.1, 0.15) is 34.6 Å². The Balaban J connectivity index is 1.74. The van der Waals surface area contributed by atoms with Gasteiger partial charge in [-0.15, -0.1) is 0 Å². The van der Waals surface area contributed by atoms with E-state index in [2.05, 4.69) is 12.1 Å². The molecule has 2 aromatic carbocycles. The number of hydrogen-bond donors (Lipinski definition) is 0. The Bertz CT molecular complexity index is 1140. The molecule has 0 saturated heterocycles. The van der Waals surface area contributed by atoms with Crippen molar-refractivity contribution < 1.29 is 8.83 Å². The highest BCUT2D eigenvalue weighted by atomic mass is 16.3. The lowest BCUT2D eigenvalue weighted by Crippen LogP contribution is -1.93. The Morgan fingerprint density at radius 1 is 0.750 bits per heavy atom. The van der Waals surface area contributed by atoms with E-state index >= 15 is 0 Å². The first kappa shape index (κ1) is 14.1. The Labute approximate surface area is 138 Å². The van der Waals surface area contributed by atoms with E-state index in [1.54, 1.807) is 0 Å². The Kier molecular flexibility index (Phi) is 3.30. The maximum absolute atomic E-state index is 9.45. The smallest absolute Gasteiger partial charge is 0.207 e. The minimum atomic E-state index is 0.325. The van der Waals surface area contributed by atoms with Crippen LogP contribution in [0.15, 0.2) is 57.4 Å². The summed E-state index contributed by atoms with van der Waals surface area (Å²) in [6, 6.07) is 19.4. The van der Waals surface area contributed by atoms with Gasteiger partial charge in [0.25, 0.3) is 0 Å². The van der Waals surface area contributed by atoms with Gasteiger partial charge in [-0.1, -0.05) is 30.3 Å². The summed E-state index contributed by atoms with van der Waals surface area (Å²) in [6.07, 6.45) is 1.12. The van der Waals surface area contributed by atoms with Crippen molar-refractivity contribution in [2.75, 3.05) is 0 Å². The number of rotatable bonds is 3. The van der Waals surface area contributed by atoms with Crippen LogP contribution >= 0.6 is 0 Å². The first-order chi connectivity index (χ1) is 11.8. The minimum Gasteiger partial charge on any atom is -0.460 e. The zero-order chi connectivity index (χ0) is 16.5. The summed E-state index contributed by atoms with van der Waals surface area (Å²) in [5, 5.41) is 20.5. The van der Waals surface area contributed by atoms with Gasteiger partial charge in [-0.25, -0.2) is 0 Å². The average Bonchev–Trinajstić information content (AvgIpc) is 3.17. The summed E-state index contributed by atoms with van der Waals surface area (Å²) < 4.78 is 11.4. The summed E-state index contributed by atoms with van der Waals surface area (Å²) in [7, 11) is 0. The molecule has 0 N–H and O–H groups in total. The van der Waals surface area contributed by atoms with Crippen molar-refractivity contribution >= 4 is 21.9 Å². The molecule has 0 unspecified atom stereocenters. The van der Waals surface area contributed by atoms with Crippen LogP contribution in [0.1, 0.15) is 22.6 Å². The average molecular weight is 312 g/mol. The second-order valence-corrected chi connectivity index (χ2v) is 5.53. The highest BCUT2D eigenvalue weighted by molar-refractivity contribution is 5.85. The van der Waals surface area contributed by atoms with Crippen molar-refractivity contribution in [3.63, 3.8) is 0 Å². The van der Waals surface area contributed by atoms with Crippen LogP contribution in [0.4, 0.5) is 0 Å². The third-order valence-corrected chi connectivity index (χ3v) is 4.18. The number of nitrogens with zero attached hydrogens (tertiary/aromatic N) is 2. The maximum atomic E-state index is 9.45. The van der Waals surface area contributed by atoms with Gasteiger partial charge >= 0.3 is 0 Å². The lowest BCUT2D eigenvalue weighted by Gasteiger charge is -1.98. The van der Waals surface area contributed by atoms with Crippen molar-refractivity contribution in [1.29, 1.82) is 10.5 Å². The Morgan fingerprint density at radius 3 is 2.12 bits per heavy atom. The molecule has 0 spiro atoms. The fourth-order valence-electron chi connectivity index (χ4n) is 3.07. The zero-order valence-electron chi connectivity index (χ0n) is 12.7. The topological polar surface area (TPSA) is 73.9 Å². The van der Waals surface area contributed by atoms with E-state index in [9.17, 15) is 10.5 Å². The number of hydrogen-bond acceptors (Lipinski definition) is 4. The lowest BCUT2D eigenvalue weighted by molar-refractivity contribution is 0.543. The van der Waals surface area contributed by atoms with Crippen LogP contribution in [0.5, 0.6) is 0 Å². The van der Waals surface area contributed by atoms with Gasteiger partial charge in [0.2, 0.25) is 5.76 Å². The summed E-state index contributed by atoms with van der Waals surface area (Å²) in [5.74, 6) is 0.971. The molecule has 0 radical (unpaired) electrons. The Hall–Kier alpha value is -3.50. The number of furan rings is 2. The van der Waals surface area contributed by atoms with Crippen LogP contribution in [-0.2, 0) is 12.8 Å². The van der Waals surface area contributed by atoms with Crippen molar-refractivity contribution in [3.8, 4) is 12.1 Å². The molecule has 0 bridgehead atoms. The predicted octanol–water partition coefficient (Wildman–Crippen LogP) is 4.71.